The van der Waals surface area contributed by atoms with Crippen molar-refractivity contribution in [2.75, 3.05) is 0 Å². The van der Waals surface area contributed by atoms with Crippen molar-refractivity contribution in [2.45, 2.75) is 47.5 Å². The fourth-order valence-corrected chi connectivity index (χ4v) is 5.81. The largest absolute Gasteiger partial charge is 0.304 e. The number of aromatic amines is 1. The number of sulfone groups is 1. The molecule has 0 amide bonds. The first kappa shape index (κ1) is 16.7. The normalized spacial score (nSPS) is 28.8. The number of benzene rings is 1. The predicted octanol–water partition coefficient (Wildman–Crippen LogP) is 2.91. The minimum Gasteiger partial charge on any atom is -0.304 e. The van der Waals surface area contributed by atoms with Crippen LogP contribution in [0.5, 0.6) is 0 Å². The quantitative estimate of drug-likeness (QED) is 0.796. The highest BCUT2D eigenvalue weighted by Crippen LogP contribution is 2.41. The third-order valence-electron chi connectivity index (χ3n) is 5.16. The van der Waals surface area contributed by atoms with Crippen molar-refractivity contribution in [3.05, 3.63) is 51.6 Å². The Labute approximate surface area is 150 Å². The molecule has 0 radical (unpaired) electrons. The van der Waals surface area contributed by atoms with Crippen LogP contribution in [0.3, 0.4) is 0 Å². The molecular weight excluding hydrogens is 364 g/mol. The summed E-state index contributed by atoms with van der Waals surface area (Å²) in [5.41, 5.74) is 1.61. The van der Waals surface area contributed by atoms with Gasteiger partial charge in [0.1, 0.15) is 6.04 Å². The molecule has 3 heterocycles. The first-order chi connectivity index (χ1) is 12.0. The van der Waals surface area contributed by atoms with E-state index in [0.29, 0.717) is 30.0 Å². The Balaban J connectivity index is 1.67. The second-order valence-corrected chi connectivity index (χ2v) is 9.21. The summed E-state index contributed by atoms with van der Waals surface area (Å²) in [4.78, 5) is 11.7. The highest BCUT2D eigenvalue weighted by molar-refractivity contribution is 7.92. The molecule has 2 bridgehead atoms. The van der Waals surface area contributed by atoms with Crippen molar-refractivity contribution in [1.29, 1.82) is 0 Å². The minimum absolute atomic E-state index is 0.0119. The molecule has 2 N–H and O–H groups in total. The molecule has 0 saturated carbocycles. The Kier molecular flexibility index (Phi) is 4.13. The highest BCUT2D eigenvalue weighted by Gasteiger charge is 2.43. The van der Waals surface area contributed by atoms with Gasteiger partial charge in [0.05, 0.1) is 22.0 Å². The van der Waals surface area contributed by atoms with Crippen molar-refractivity contribution in [3.8, 4) is 0 Å². The third kappa shape index (κ3) is 2.78. The predicted molar refractivity (Wildman–Crippen MR) is 93.1 cm³/mol. The topological polar surface area (TPSA) is 104 Å². The molecule has 1 aromatic carbocycles. The molecule has 0 aliphatic carbocycles. The Morgan fingerprint density at radius 3 is 2.68 bits per heavy atom. The van der Waals surface area contributed by atoms with E-state index < -0.39 is 21.1 Å². The molecule has 2 aromatic rings. The summed E-state index contributed by atoms with van der Waals surface area (Å²) in [7, 11) is -3.51. The van der Waals surface area contributed by atoms with E-state index in [1.165, 1.54) is 12.1 Å². The second-order valence-electron chi connectivity index (χ2n) is 6.55. The molecule has 25 heavy (non-hydrogen) atoms. The molecule has 4 atom stereocenters. The van der Waals surface area contributed by atoms with Crippen LogP contribution < -0.4 is 5.32 Å². The maximum Gasteiger partial charge on any atom is 0.181 e. The number of hydrogen-bond donors (Lipinski definition) is 2. The monoisotopic (exact) mass is 380 g/mol. The SMILES string of the molecule is O=NC1c2[nH]ncc2C2CCC(S(=O)(=O)c3ccc(Cl)cc3)CC1N2. The maximum atomic E-state index is 13.0. The van der Waals surface area contributed by atoms with Crippen molar-refractivity contribution >= 4 is 21.4 Å². The van der Waals surface area contributed by atoms with Gasteiger partial charge in [-0.25, -0.2) is 8.42 Å². The van der Waals surface area contributed by atoms with E-state index in [1.807, 2.05) is 0 Å². The maximum absolute atomic E-state index is 13.0. The zero-order valence-electron chi connectivity index (χ0n) is 13.2. The van der Waals surface area contributed by atoms with E-state index in [0.717, 1.165) is 5.56 Å². The lowest BCUT2D eigenvalue weighted by molar-refractivity contribution is 0.351. The summed E-state index contributed by atoms with van der Waals surface area (Å²) in [6.07, 6.45) is 3.19. The van der Waals surface area contributed by atoms with E-state index in [-0.39, 0.29) is 17.0 Å². The summed E-state index contributed by atoms with van der Waals surface area (Å²) in [5, 5.41) is 13.4. The van der Waals surface area contributed by atoms with E-state index in [9.17, 15) is 13.3 Å². The molecule has 1 fully saturated rings. The Morgan fingerprint density at radius 1 is 1.20 bits per heavy atom. The third-order valence-corrected chi connectivity index (χ3v) is 7.64. The molecular formula is C16H17ClN4O3S. The first-order valence-electron chi connectivity index (χ1n) is 8.12. The van der Waals surface area contributed by atoms with Crippen LogP contribution in [-0.4, -0.2) is 29.9 Å². The first-order valence-corrected chi connectivity index (χ1v) is 10.0. The Morgan fingerprint density at radius 2 is 1.96 bits per heavy atom. The van der Waals surface area contributed by atoms with Crippen LogP contribution in [0.25, 0.3) is 0 Å². The van der Waals surface area contributed by atoms with Crippen molar-refractivity contribution in [2.24, 2.45) is 5.18 Å². The van der Waals surface area contributed by atoms with Crippen LogP contribution in [0.15, 0.2) is 40.5 Å². The summed E-state index contributed by atoms with van der Waals surface area (Å²) >= 11 is 5.86. The van der Waals surface area contributed by atoms with Crippen LogP contribution in [0.1, 0.15) is 42.6 Å². The molecule has 1 aromatic heterocycles. The van der Waals surface area contributed by atoms with Gasteiger partial charge < -0.3 is 5.32 Å². The number of fused-ring (bicyclic) bond motifs is 4. The van der Waals surface area contributed by atoms with Gasteiger partial charge in [-0.15, -0.1) is 0 Å². The van der Waals surface area contributed by atoms with Gasteiger partial charge in [0.2, 0.25) is 0 Å². The van der Waals surface area contributed by atoms with Gasteiger partial charge >= 0.3 is 0 Å². The van der Waals surface area contributed by atoms with Gasteiger partial charge in [-0.05, 0) is 43.5 Å². The fourth-order valence-electron chi connectivity index (χ4n) is 3.87. The molecule has 1 saturated heterocycles. The number of rotatable bonds is 3. The van der Waals surface area contributed by atoms with Crippen molar-refractivity contribution < 1.29 is 8.42 Å². The summed E-state index contributed by atoms with van der Waals surface area (Å²) < 4.78 is 26.1. The average molecular weight is 381 g/mol. The average Bonchev–Trinajstić information content (AvgIpc) is 2.99. The van der Waals surface area contributed by atoms with E-state index in [1.54, 1.807) is 18.3 Å². The molecule has 4 rings (SSSR count). The molecule has 132 valence electrons. The molecule has 2 aliphatic heterocycles. The number of H-pyrrole nitrogens is 1. The van der Waals surface area contributed by atoms with Gasteiger partial charge in [0, 0.05) is 22.7 Å². The smallest absolute Gasteiger partial charge is 0.181 e. The second kappa shape index (κ2) is 6.19. The standard InChI is InChI=1S/C16H17ClN4O3S/c17-9-1-3-10(4-2-9)25(23,24)11-5-6-13-12-8-18-20-15(12)16(21-22)14(7-11)19-13/h1-4,8,11,13-14,16,19H,5-7H2,(H,18,20). The Bertz CT molecular complexity index is 896. The zero-order chi connectivity index (χ0) is 17.6. The van der Waals surface area contributed by atoms with Crippen molar-refractivity contribution in [3.63, 3.8) is 0 Å². The van der Waals surface area contributed by atoms with Gasteiger partial charge in [-0.2, -0.15) is 10.0 Å². The van der Waals surface area contributed by atoms with E-state index in [4.69, 9.17) is 11.6 Å². The molecule has 0 spiro atoms. The molecule has 9 heteroatoms. The molecule has 2 aliphatic rings. The number of nitroso groups, excluding NO2 is 1. The lowest BCUT2D eigenvalue weighted by Crippen LogP contribution is -2.42. The number of aromatic nitrogens is 2. The zero-order valence-corrected chi connectivity index (χ0v) is 14.8. The van der Waals surface area contributed by atoms with E-state index in [2.05, 4.69) is 20.7 Å². The van der Waals surface area contributed by atoms with Crippen molar-refractivity contribution in [1.82, 2.24) is 15.5 Å². The van der Waals surface area contributed by atoms with Crippen LogP contribution in [-0.2, 0) is 9.84 Å². The minimum atomic E-state index is -3.51. The number of nitrogens with one attached hydrogen (secondary N) is 2. The lowest BCUT2D eigenvalue weighted by atomic mass is 9.91. The molecule has 7 nitrogen and oxygen atoms in total. The number of hydrogen-bond acceptors (Lipinski definition) is 6. The Hall–Kier alpha value is -1.77. The van der Waals surface area contributed by atoms with Gasteiger partial charge in [-0.3, -0.25) is 5.10 Å². The molecule has 4 unspecified atom stereocenters. The van der Waals surface area contributed by atoms with Crippen LogP contribution in [0.2, 0.25) is 5.02 Å². The van der Waals surface area contributed by atoms with Crippen LogP contribution >= 0.6 is 11.6 Å². The lowest BCUT2D eigenvalue weighted by Gasteiger charge is -2.31. The van der Waals surface area contributed by atoms with Crippen LogP contribution in [0.4, 0.5) is 0 Å². The summed E-state index contributed by atoms with van der Waals surface area (Å²) in [6, 6.07) is 5.22. The van der Waals surface area contributed by atoms with Crippen LogP contribution in [0, 0.1) is 4.91 Å². The summed E-state index contributed by atoms with van der Waals surface area (Å²) in [6.45, 7) is 0. The summed E-state index contributed by atoms with van der Waals surface area (Å²) in [5.74, 6) is 0. The highest BCUT2D eigenvalue weighted by atomic mass is 35.5. The number of halogens is 1. The number of nitrogens with zero attached hydrogens (tertiary/aromatic N) is 2. The van der Waals surface area contributed by atoms with Gasteiger partial charge in [0.25, 0.3) is 0 Å². The fraction of sp³-hybridized carbons (Fsp3) is 0.438. The van der Waals surface area contributed by atoms with E-state index >= 15 is 0 Å². The van der Waals surface area contributed by atoms with Gasteiger partial charge in [0.15, 0.2) is 9.84 Å². The van der Waals surface area contributed by atoms with Gasteiger partial charge in [-0.1, -0.05) is 16.8 Å².